The van der Waals surface area contributed by atoms with Crippen molar-refractivity contribution in [2.24, 2.45) is 11.8 Å². The number of aromatic nitrogens is 1. The van der Waals surface area contributed by atoms with Gasteiger partial charge in [0.05, 0.1) is 5.52 Å². The number of nitrogens with zero attached hydrogens (tertiary/aromatic N) is 1. The number of rotatable bonds is 4. The van der Waals surface area contributed by atoms with Crippen molar-refractivity contribution in [3.8, 4) is 0 Å². The lowest BCUT2D eigenvalue weighted by atomic mass is 9.92. The van der Waals surface area contributed by atoms with Gasteiger partial charge in [-0.2, -0.15) is 0 Å². The highest BCUT2D eigenvalue weighted by atomic mass is 15.2. The summed E-state index contributed by atoms with van der Waals surface area (Å²) in [5.41, 5.74) is 5.34. The summed E-state index contributed by atoms with van der Waals surface area (Å²) in [7, 11) is 0. The van der Waals surface area contributed by atoms with Crippen LogP contribution in [0.4, 0.5) is 0 Å². The summed E-state index contributed by atoms with van der Waals surface area (Å²) in [5, 5.41) is 1.21. The van der Waals surface area contributed by atoms with Crippen LogP contribution in [-0.4, -0.2) is 4.98 Å². The normalized spacial score (nSPS) is 17.9. The Morgan fingerprint density at radius 2 is 2.00 bits per heavy atom. The minimum absolute atomic E-state index is 0.232. The Morgan fingerprint density at radius 3 is 2.79 bits per heavy atom. The summed E-state index contributed by atoms with van der Waals surface area (Å²) in [4.78, 5) is 4.42. The van der Waals surface area contributed by atoms with Crippen molar-refractivity contribution in [1.29, 1.82) is 0 Å². The van der Waals surface area contributed by atoms with E-state index in [1.165, 1.54) is 36.6 Å². The molecule has 100 valence electrons. The van der Waals surface area contributed by atoms with Crippen molar-refractivity contribution in [3.05, 3.63) is 42.1 Å². The number of hydrogen-bond acceptors (Lipinski definition) is 3. The van der Waals surface area contributed by atoms with E-state index in [2.05, 4.69) is 34.7 Å². The molecule has 1 fully saturated rings. The lowest BCUT2D eigenvalue weighted by Gasteiger charge is -2.21. The summed E-state index contributed by atoms with van der Waals surface area (Å²) in [5.74, 6) is 6.62. The molecule has 1 unspecified atom stereocenters. The Hall–Kier alpha value is -1.45. The Labute approximate surface area is 114 Å². The Balaban J connectivity index is 1.91. The lowest BCUT2D eigenvalue weighted by molar-refractivity contribution is 0.401. The fraction of sp³-hybridized carbons (Fsp3) is 0.438. The molecule has 1 heterocycles. The van der Waals surface area contributed by atoms with Crippen LogP contribution in [0, 0.1) is 5.92 Å². The largest absolute Gasteiger partial charge is 0.271 e. The zero-order valence-corrected chi connectivity index (χ0v) is 11.2. The SMILES string of the molecule is NNC(CC1CCCC1)c1ccnc2ccccc12. The van der Waals surface area contributed by atoms with E-state index in [0.717, 1.165) is 17.9 Å². The number of fused-ring (bicyclic) bond motifs is 1. The van der Waals surface area contributed by atoms with Gasteiger partial charge in [-0.25, -0.2) is 0 Å². The maximum atomic E-state index is 5.80. The second kappa shape index (κ2) is 5.68. The van der Waals surface area contributed by atoms with E-state index in [0.29, 0.717) is 0 Å². The predicted molar refractivity (Wildman–Crippen MR) is 78.4 cm³/mol. The van der Waals surface area contributed by atoms with Crippen molar-refractivity contribution in [3.63, 3.8) is 0 Å². The van der Waals surface area contributed by atoms with Gasteiger partial charge in [0.1, 0.15) is 0 Å². The number of pyridine rings is 1. The zero-order valence-electron chi connectivity index (χ0n) is 11.2. The molecule has 3 N–H and O–H groups in total. The molecule has 19 heavy (non-hydrogen) atoms. The first-order valence-corrected chi connectivity index (χ1v) is 7.18. The van der Waals surface area contributed by atoms with E-state index in [4.69, 9.17) is 5.84 Å². The van der Waals surface area contributed by atoms with E-state index in [1.54, 1.807) is 0 Å². The molecule has 1 aromatic heterocycles. The van der Waals surface area contributed by atoms with E-state index in [1.807, 2.05) is 12.3 Å². The Morgan fingerprint density at radius 1 is 1.21 bits per heavy atom. The number of hydrogen-bond donors (Lipinski definition) is 2. The second-order valence-corrected chi connectivity index (χ2v) is 5.52. The minimum atomic E-state index is 0.232. The summed E-state index contributed by atoms with van der Waals surface area (Å²) >= 11 is 0. The van der Waals surface area contributed by atoms with Gasteiger partial charge in [0.15, 0.2) is 0 Å². The Bertz CT molecular complexity index is 541. The third kappa shape index (κ3) is 2.62. The first-order valence-electron chi connectivity index (χ1n) is 7.18. The number of benzene rings is 1. The molecule has 1 aliphatic carbocycles. The monoisotopic (exact) mass is 255 g/mol. The van der Waals surface area contributed by atoms with Gasteiger partial charge in [0.2, 0.25) is 0 Å². The van der Waals surface area contributed by atoms with Crippen LogP contribution in [0.25, 0.3) is 10.9 Å². The molecule has 2 aromatic rings. The molecule has 0 saturated heterocycles. The molecule has 1 atom stereocenters. The molecule has 3 nitrogen and oxygen atoms in total. The van der Waals surface area contributed by atoms with Gasteiger partial charge in [-0.1, -0.05) is 43.9 Å². The van der Waals surface area contributed by atoms with Gasteiger partial charge in [-0.15, -0.1) is 0 Å². The molecule has 0 radical (unpaired) electrons. The molecule has 1 aliphatic rings. The summed E-state index contributed by atoms with van der Waals surface area (Å²) in [6.45, 7) is 0. The minimum Gasteiger partial charge on any atom is -0.271 e. The predicted octanol–water partition coefficient (Wildman–Crippen LogP) is 3.32. The zero-order chi connectivity index (χ0) is 13.1. The summed E-state index contributed by atoms with van der Waals surface area (Å²) < 4.78 is 0. The maximum absolute atomic E-state index is 5.80. The standard InChI is InChI=1S/C16H21N3/c17-19-16(11-12-5-1-2-6-12)14-9-10-18-15-8-4-3-7-13(14)15/h3-4,7-10,12,16,19H,1-2,5-6,11,17H2. The van der Waals surface area contributed by atoms with E-state index < -0.39 is 0 Å². The van der Waals surface area contributed by atoms with Gasteiger partial charge in [-0.05, 0) is 30.0 Å². The fourth-order valence-electron chi connectivity index (χ4n) is 3.29. The average molecular weight is 255 g/mol. The van der Waals surface area contributed by atoms with Crippen molar-refractivity contribution in [2.45, 2.75) is 38.1 Å². The first kappa shape index (κ1) is 12.6. The number of hydrazine groups is 1. The number of para-hydroxylation sites is 1. The molecule has 1 aromatic carbocycles. The van der Waals surface area contributed by atoms with Gasteiger partial charge >= 0.3 is 0 Å². The van der Waals surface area contributed by atoms with Crippen LogP contribution in [0.15, 0.2) is 36.5 Å². The molecular weight excluding hydrogens is 234 g/mol. The van der Waals surface area contributed by atoms with Crippen molar-refractivity contribution < 1.29 is 0 Å². The van der Waals surface area contributed by atoms with Crippen molar-refractivity contribution in [2.75, 3.05) is 0 Å². The molecular formula is C16H21N3. The molecule has 0 amide bonds. The second-order valence-electron chi connectivity index (χ2n) is 5.52. The van der Waals surface area contributed by atoms with E-state index in [9.17, 15) is 0 Å². The molecule has 0 spiro atoms. The van der Waals surface area contributed by atoms with Gasteiger partial charge < -0.3 is 0 Å². The first-order chi connectivity index (χ1) is 9.38. The third-order valence-electron chi connectivity index (χ3n) is 4.30. The van der Waals surface area contributed by atoms with Crippen LogP contribution in [0.1, 0.15) is 43.7 Å². The van der Waals surface area contributed by atoms with Crippen molar-refractivity contribution >= 4 is 10.9 Å². The highest BCUT2D eigenvalue weighted by molar-refractivity contribution is 5.82. The molecule has 0 aliphatic heterocycles. The number of nitrogens with two attached hydrogens (primary N) is 1. The molecule has 3 rings (SSSR count). The van der Waals surface area contributed by atoms with Crippen molar-refractivity contribution in [1.82, 2.24) is 10.4 Å². The highest BCUT2D eigenvalue weighted by Gasteiger charge is 2.21. The quantitative estimate of drug-likeness (QED) is 0.651. The average Bonchev–Trinajstić information content (AvgIpc) is 2.97. The van der Waals surface area contributed by atoms with E-state index in [-0.39, 0.29) is 6.04 Å². The topological polar surface area (TPSA) is 50.9 Å². The van der Waals surface area contributed by atoms with Crippen LogP contribution in [0.2, 0.25) is 0 Å². The summed E-state index contributed by atoms with van der Waals surface area (Å²) in [6, 6.07) is 10.6. The van der Waals surface area contributed by atoms with Gasteiger partial charge in [0, 0.05) is 17.6 Å². The van der Waals surface area contributed by atoms with Gasteiger partial charge in [-0.3, -0.25) is 16.3 Å². The number of nitrogens with one attached hydrogen (secondary N) is 1. The van der Waals surface area contributed by atoms with E-state index >= 15 is 0 Å². The smallest absolute Gasteiger partial charge is 0.0705 e. The lowest BCUT2D eigenvalue weighted by Crippen LogP contribution is -2.29. The van der Waals surface area contributed by atoms with Gasteiger partial charge in [0.25, 0.3) is 0 Å². The fourth-order valence-corrected chi connectivity index (χ4v) is 3.29. The Kier molecular flexibility index (Phi) is 3.76. The molecule has 0 bridgehead atoms. The maximum Gasteiger partial charge on any atom is 0.0705 e. The molecule has 3 heteroatoms. The summed E-state index contributed by atoms with van der Waals surface area (Å²) in [6.07, 6.45) is 8.46. The third-order valence-corrected chi connectivity index (χ3v) is 4.30. The van der Waals surface area contributed by atoms with Crippen LogP contribution in [0.5, 0.6) is 0 Å². The molecule has 1 saturated carbocycles. The van der Waals surface area contributed by atoms with Crippen LogP contribution in [-0.2, 0) is 0 Å². The van der Waals surface area contributed by atoms with Crippen LogP contribution < -0.4 is 11.3 Å². The highest BCUT2D eigenvalue weighted by Crippen LogP contribution is 2.34. The van der Waals surface area contributed by atoms with Crippen LogP contribution >= 0.6 is 0 Å². The van der Waals surface area contributed by atoms with Crippen LogP contribution in [0.3, 0.4) is 0 Å².